The van der Waals surface area contributed by atoms with Gasteiger partial charge in [0.15, 0.2) is 5.78 Å². The molecule has 1 heterocycles. The van der Waals surface area contributed by atoms with E-state index < -0.39 is 5.92 Å². The number of carbonyl (C=O) groups is 1. The molecule has 0 spiro atoms. The molecule has 0 aromatic heterocycles. The predicted octanol–water partition coefficient (Wildman–Crippen LogP) is 6.56. The molecule has 2 atom stereocenters. The van der Waals surface area contributed by atoms with Crippen molar-refractivity contribution in [3.05, 3.63) is 74.5 Å². The van der Waals surface area contributed by atoms with E-state index in [0.29, 0.717) is 42.5 Å². The summed E-state index contributed by atoms with van der Waals surface area (Å²) in [7, 11) is 0. The van der Waals surface area contributed by atoms with Gasteiger partial charge in [0.25, 0.3) is 0 Å². The van der Waals surface area contributed by atoms with Crippen LogP contribution < -0.4 is 21.1 Å². The SMILES string of the molecule is CCCC1CC(=O)C2=C(C1)NC(C)=C(C#N)C2c1cc(Br)c(NCc2cccc(N)c2)c(OCC)c1. The van der Waals surface area contributed by atoms with E-state index in [1.54, 1.807) is 0 Å². The molecule has 1 aliphatic heterocycles. The fraction of sp³-hybridized carbons (Fsp3) is 0.379. The number of allylic oxidation sites excluding steroid dienone is 4. The quantitative estimate of drug-likeness (QED) is 0.323. The van der Waals surface area contributed by atoms with Gasteiger partial charge < -0.3 is 21.1 Å². The summed E-state index contributed by atoms with van der Waals surface area (Å²) in [5, 5.41) is 16.9. The Balaban J connectivity index is 1.74. The lowest BCUT2D eigenvalue weighted by atomic mass is 9.72. The van der Waals surface area contributed by atoms with Gasteiger partial charge >= 0.3 is 0 Å². The lowest BCUT2D eigenvalue weighted by molar-refractivity contribution is -0.117. The summed E-state index contributed by atoms with van der Waals surface area (Å²) in [6, 6.07) is 14.1. The molecule has 2 aromatic carbocycles. The summed E-state index contributed by atoms with van der Waals surface area (Å²) in [6.45, 7) is 7.07. The van der Waals surface area contributed by atoms with Crippen LogP contribution in [0.15, 0.2) is 63.4 Å². The first-order valence-electron chi connectivity index (χ1n) is 12.5. The van der Waals surface area contributed by atoms with Gasteiger partial charge in [0, 0.05) is 40.1 Å². The maximum Gasteiger partial charge on any atom is 0.161 e. The Bertz CT molecular complexity index is 1270. The molecule has 36 heavy (non-hydrogen) atoms. The highest BCUT2D eigenvalue weighted by Crippen LogP contribution is 2.46. The molecule has 0 saturated heterocycles. The van der Waals surface area contributed by atoms with E-state index in [0.717, 1.165) is 57.5 Å². The van der Waals surface area contributed by atoms with E-state index in [9.17, 15) is 10.1 Å². The topological polar surface area (TPSA) is 100 Å². The molecule has 0 bridgehead atoms. The number of nitrogens with one attached hydrogen (secondary N) is 2. The van der Waals surface area contributed by atoms with Crippen LogP contribution in [-0.2, 0) is 11.3 Å². The number of nitrogens with zero attached hydrogens (tertiary/aromatic N) is 1. The smallest absolute Gasteiger partial charge is 0.161 e. The molecule has 6 nitrogen and oxygen atoms in total. The van der Waals surface area contributed by atoms with Crippen molar-refractivity contribution in [3.8, 4) is 11.8 Å². The number of nitriles is 1. The maximum absolute atomic E-state index is 13.4. The number of ether oxygens (including phenoxy) is 1. The molecule has 2 aliphatic rings. The first-order valence-corrected chi connectivity index (χ1v) is 13.3. The van der Waals surface area contributed by atoms with Crippen LogP contribution in [-0.4, -0.2) is 12.4 Å². The molecule has 0 fully saturated rings. The number of carbonyl (C=O) groups excluding carboxylic acids is 1. The highest BCUT2D eigenvalue weighted by atomic mass is 79.9. The standard InChI is InChI=1S/C29H33BrN4O2/c1-4-7-18-11-24-28(25(35)12-18)27(22(15-31)17(3)34-24)20-13-23(30)29(26(14-20)36-5-2)33-16-19-8-6-9-21(32)10-19/h6,8-10,13-14,18,27,33-34H,4-5,7,11-12,16,32H2,1-3H3. The minimum atomic E-state index is -0.417. The van der Waals surface area contributed by atoms with Crippen molar-refractivity contribution in [2.24, 2.45) is 5.92 Å². The number of nitrogens with two attached hydrogens (primary N) is 1. The van der Waals surface area contributed by atoms with Crippen molar-refractivity contribution < 1.29 is 9.53 Å². The van der Waals surface area contributed by atoms with E-state index in [2.05, 4.69) is 39.6 Å². The van der Waals surface area contributed by atoms with Crippen LogP contribution in [0.2, 0.25) is 0 Å². The predicted molar refractivity (Wildman–Crippen MR) is 147 cm³/mol. The molecule has 7 heteroatoms. The van der Waals surface area contributed by atoms with Crippen LogP contribution in [0.5, 0.6) is 5.75 Å². The second-order valence-corrected chi connectivity index (χ2v) is 10.3. The third-order valence-corrected chi connectivity index (χ3v) is 7.48. The van der Waals surface area contributed by atoms with Crippen molar-refractivity contribution in [3.63, 3.8) is 0 Å². The number of rotatable bonds is 8. The molecule has 4 rings (SSSR count). The minimum absolute atomic E-state index is 0.130. The normalized spacial score (nSPS) is 19.5. The third kappa shape index (κ3) is 5.29. The van der Waals surface area contributed by atoms with Crippen molar-refractivity contribution in [1.82, 2.24) is 5.32 Å². The van der Waals surface area contributed by atoms with Gasteiger partial charge in [-0.3, -0.25) is 4.79 Å². The van der Waals surface area contributed by atoms with Gasteiger partial charge in [0.05, 0.1) is 29.9 Å². The summed E-state index contributed by atoms with van der Waals surface area (Å²) in [4.78, 5) is 13.4. The molecular formula is C29H33BrN4O2. The van der Waals surface area contributed by atoms with Gasteiger partial charge in [-0.15, -0.1) is 0 Å². The van der Waals surface area contributed by atoms with Crippen molar-refractivity contribution in [1.29, 1.82) is 5.26 Å². The van der Waals surface area contributed by atoms with Crippen LogP contribution in [0.3, 0.4) is 0 Å². The van der Waals surface area contributed by atoms with E-state index in [4.69, 9.17) is 10.5 Å². The number of hydrogen-bond donors (Lipinski definition) is 3. The monoisotopic (exact) mass is 548 g/mol. The maximum atomic E-state index is 13.4. The van der Waals surface area contributed by atoms with Gasteiger partial charge in [-0.2, -0.15) is 5.26 Å². The summed E-state index contributed by atoms with van der Waals surface area (Å²) in [5.74, 6) is 0.730. The fourth-order valence-electron chi connectivity index (χ4n) is 5.32. The highest BCUT2D eigenvalue weighted by Gasteiger charge is 2.38. The van der Waals surface area contributed by atoms with E-state index in [1.165, 1.54) is 0 Å². The van der Waals surface area contributed by atoms with E-state index in [1.807, 2.05) is 50.2 Å². The number of Topliss-reactive ketones (excluding diaryl/α,β-unsaturated/α-hetero) is 1. The minimum Gasteiger partial charge on any atom is -0.492 e. The Hall–Kier alpha value is -3.24. The first-order chi connectivity index (χ1) is 17.4. The van der Waals surface area contributed by atoms with Crippen LogP contribution in [0.1, 0.15) is 63.5 Å². The number of hydrogen-bond acceptors (Lipinski definition) is 6. The van der Waals surface area contributed by atoms with Crippen LogP contribution in [0.4, 0.5) is 11.4 Å². The number of halogens is 1. The van der Waals surface area contributed by atoms with Gasteiger partial charge in [-0.25, -0.2) is 0 Å². The zero-order valence-electron chi connectivity index (χ0n) is 21.1. The largest absolute Gasteiger partial charge is 0.492 e. The third-order valence-electron chi connectivity index (χ3n) is 6.86. The highest BCUT2D eigenvalue weighted by molar-refractivity contribution is 9.10. The molecule has 2 aromatic rings. The van der Waals surface area contributed by atoms with Gasteiger partial charge in [0.2, 0.25) is 0 Å². The Morgan fingerprint density at radius 1 is 1.25 bits per heavy atom. The zero-order chi connectivity index (χ0) is 25.8. The molecule has 0 amide bonds. The van der Waals surface area contributed by atoms with Crippen LogP contribution >= 0.6 is 15.9 Å². The molecule has 1 aliphatic carbocycles. The second kappa shape index (κ2) is 11.2. The lowest BCUT2D eigenvalue weighted by Crippen LogP contribution is -2.34. The van der Waals surface area contributed by atoms with Crippen molar-refractivity contribution in [2.75, 3.05) is 17.7 Å². The molecule has 0 saturated carbocycles. The molecule has 0 radical (unpaired) electrons. The van der Waals surface area contributed by atoms with Gasteiger partial charge in [0.1, 0.15) is 5.75 Å². The van der Waals surface area contributed by atoms with Gasteiger partial charge in [-0.05, 0) is 83.9 Å². The Labute approximate surface area is 221 Å². The average molecular weight is 550 g/mol. The average Bonchev–Trinajstić information content (AvgIpc) is 2.83. The van der Waals surface area contributed by atoms with Crippen LogP contribution in [0, 0.1) is 17.2 Å². The number of ketones is 1. The number of anilines is 2. The van der Waals surface area contributed by atoms with Crippen molar-refractivity contribution in [2.45, 2.75) is 58.9 Å². The Kier molecular flexibility index (Phi) is 8.05. The zero-order valence-corrected chi connectivity index (χ0v) is 22.7. The van der Waals surface area contributed by atoms with Crippen LogP contribution in [0.25, 0.3) is 0 Å². The number of dihydropyridines is 1. The summed E-state index contributed by atoms with van der Waals surface area (Å²) < 4.78 is 6.85. The summed E-state index contributed by atoms with van der Waals surface area (Å²) >= 11 is 3.73. The van der Waals surface area contributed by atoms with Gasteiger partial charge in [-0.1, -0.05) is 25.5 Å². The number of nitrogen functional groups attached to an aromatic ring is 1. The second-order valence-electron chi connectivity index (χ2n) is 9.49. The van der Waals surface area contributed by atoms with Crippen molar-refractivity contribution >= 4 is 33.1 Å². The Morgan fingerprint density at radius 3 is 2.75 bits per heavy atom. The van der Waals surface area contributed by atoms with E-state index in [-0.39, 0.29) is 5.78 Å². The Morgan fingerprint density at radius 2 is 2.06 bits per heavy atom. The molecule has 2 unspecified atom stereocenters. The van der Waals surface area contributed by atoms with E-state index >= 15 is 0 Å². The first kappa shape index (κ1) is 25.8. The summed E-state index contributed by atoms with van der Waals surface area (Å²) in [5.41, 5.74) is 12.5. The number of benzene rings is 2. The molecule has 188 valence electrons. The molecular weight excluding hydrogens is 516 g/mol. The molecule has 4 N–H and O–H groups in total. The summed E-state index contributed by atoms with van der Waals surface area (Å²) in [6.07, 6.45) is 3.44. The fourth-order valence-corrected chi connectivity index (χ4v) is 5.92. The lowest BCUT2D eigenvalue weighted by Gasteiger charge is -2.35.